The van der Waals surface area contributed by atoms with Crippen molar-refractivity contribution >= 4 is 21.6 Å². The third kappa shape index (κ3) is 2.21. The maximum atomic E-state index is 12.1. The number of rotatable bonds is 3. The van der Waals surface area contributed by atoms with Crippen molar-refractivity contribution in [3.8, 4) is 0 Å². The topological polar surface area (TPSA) is 50.3 Å². The molecule has 1 aliphatic heterocycles. The molecule has 0 amide bonds. The molecule has 4 nitrogen and oxygen atoms in total. The van der Waals surface area contributed by atoms with Gasteiger partial charge in [-0.2, -0.15) is 4.31 Å². The molecule has 16 heavy (non-hydrogen) atoms. The van der Waals surface area contributed by atoms with Crippen LogP contribution in [0, 0.1) is 5.92 Å². The summed E-state index contributed by atoms with van der Waals surface area (Å²) in [5, 5.41) is 0. The van der Waals surface area contributed by atoms with Crippen LogP contribution in [0.4, 0.5) is 0 Å². The summed E-state index contributed by atoms with van der Waals surface area (Å²) < 4.78 is 25.8. The van der Waals surface area contributed by atoms with E-state index in [1.807, 2.05) is 0 Å². The van der Waals surface area contributed by atoms with Crippen LogP contribution >= 0.6 is 11.6 Å². The van der Waals surface area contributed by atoms with Crippen LogP contribution in [0.3, 0.4) is 0 Å². The molecule has 0 spiro atoms. The number of halogens is 1. The van der Waals surface area contributed by atoms with Crippen molar-refractivity contribution in [1.29, 1.82) is 0 Å². The van der Waals surface area contributed by atoms with E-state index in [1.54, 1.807) is 18.3 Å². The zero-order chi connectivity index (χ0) is 11.6. The fourth-order valence-electron chi connectivity index (χ4n) is 1.79. The van der Waals surface area contributed by atoms with Gasteiger partial charge < -0.3 is 0 Å². The average Bonchev–Trinajstić information content (AvgIpc) is 2.79. The van der Waals surface area contributed by atoms with Crippen LogP contribution in [0.1, 0.15) is 6.42 Å². The predicted octanol–water partition coefficient (Wildman–Crippen LogP) is 1.33. The molecule has 2 heterocycles. The van der Waals surface area contributed by atoms with Crippen LogP contribution in [0.15, 0.2) is 29.4 Å². The number of hydrogen-bond acceptors (Lipinski definition) is 3. The molecule has 6 heteroatoms. The van der Waals surface area contributed by atoms with E-state index in [0.717, 1.165) is 6.42 Å². The van der Waals surface area contributed by atoms with Crippen molar-refractivity contribution < 1.29 is 8.42 Å². The van der Waals surface area contributed by atoms with Gasteiger partial charge in [-0.25, -0.2) is 8.42 Å². The summed E-state index contributed by atoms with van der Waals surface area (Å²) >= 11 is 5.74. The first kappa shape index (κ1) is 11.8. The maximum Gasteiger partial charge on any atom is 0.244 e. The Labute approximate surface area is 100 Å². The first-order chi connectivity index (χ1) is 7.64. The second kappa shape index (κ2) is 4.69. The number of pyridine rings is 1. The van der Waals surface area contributed by atoms with Gasteiger partial charge in [0.2, 0.25) is 10.0 Å². The second-order valence-electron chi connectivity index (χ2n) is 3.86. The minimum atomic E-state index is -3.37. The van der Waals surface area contributed by atoms with Gasteiger partial charge in [0.1, 0.15) is 4.90 Å². The van der Waals surface area contributed by atoms with E-state index in [4.69, 9.17) is 11.6 Å². The van der Waals surface area contributed by atoms with E-state index < -0.39 is 10.0 Å². The molecular weight excluding hydrogens is 248 g/mol. The lowest BCUT2D eigenvalue weighted by Crippen LogP contribution is -2.29. The summed E-state index contributed by atoms with van der Waals surface area (Å²) in [5.74, 6) is 0.784. The maximum absolute atomic E-state index is 12.1. The Balaban J connectivity index is 2.21. The van der Waals surface area contributed by atoms with Crippen molar-refractivity contribution in [2.45, 2.75) is 11.3 Å². The molecule has 1 unspecified atom stereocenters. The first-order valence-electron chi connectivity index (χ1n) is 5.10. The van der Waals surface area contributed by atoms with E-state index in [2.05, 4.69) is 4.98 Å². The van der Waals surface area contributed by atoms with Crippen LogP contribution in [0.2, 0.25) is 0 Å². The predicted molar refractivity (Wildman–Crippen MR) is 61.8 cm³/mol. The Morgan fingerprint density at radius 3 is 2.94 bits per heavy atom. The SMILES string of the molecule is O=S(=O)(c1cccnc1)N1CCC(CCl)C1. The third-order valence-corrected chi connectivity index (χ3v) is 5.02. The average molecular weight is 261 g/mol. The molecule has 0 aromatic carbocycles. The van der Waals surface area contributed by atoms with E-state index in [1.165, 1.54) is 10.5 Å². The normalized spacial score (nSPS) is 22.4. The zero-order valence-corrected chi connectivity index (χ0v) is 10.3. The molecule has 0 bridgehead atoms. The fourth-order valence-corrected chi connectivity index (χ4v) is 3.54. The molecule has 1 aromatic heterocycles. The van der Waals surface area contributed by atoms with Crippen LogP contribution < -0.4 is 0 Å². The highest BCUT2D eigenvalue weighted by atomic mass is 35.5. The minimum absolute atomic E-state index is 0.255. The van der Waals surface area contributed by atoms with E-state index >= 15 is 0 Å². The molecule has 0 aliphatic carbocycles. The Hall–Kier alpha value is -0.650. The van der Waals surface area contributed by atoms with Gasteiger partial charge in [-0.15, -0.1) is 11.6 Å². The van der Waals surface area contributed by atoms with Crippen LogP contribution in [0.25, 0.3) is 0 Å². The molecule has 1 aliphatic rings. The quantitative estimate of drug-likeness (QED) is 0.771. The summed E-state index contributed by atoms with van der Waals surface area (Å²) in [7, 11) is -3.37. The number of sulfonamides is 1. The molecule has 1 saturated heterocycles. The monoisotopic (exact) mass is 260 g/mol. The Morgan fingerprint density at radius 1 is 1.56 bits per heavy atom. The third-order valence-electron chi connectivity index (χ3n) is 2.74. The molecule has 1 fully saturated rings. The highest BCUT2D eigenvalue weighted by Gasteiger charge is 2.31. The van der Waals surface area contributed by atoms with E-state index in [-0.39, 0.29) is 10.8 Å². The molecule has 0 radical (unpaired) electrons. The van der Waals surface area contributed by atoms with Gasteiger partial charge in [0.15, 0.2) is 0 Å². The van der Waals surface area contributed by atoms with Crippen LogP contribution in [-0.4, -0.2) is 36.7 Å². The van der Waals surface area contributed by atoms with Crippen molar-refractivity contribution in [1.82, 2.24) is 9.29 Å². The largest absolute Gasteiger partial charge is 0.263 e. The molecule has 88 valence electrons. The zero-order valence-electron chi connectivity index (χ0n) is 8.71. The molecular formula is C10H13ClN2O2S. The van der Waals surface area contributed by atoms with E-state index in [0.29, 0.717) is 19.0 Å². The molecule has 1 aromatic rings. The van der Waals surface area contributed by atoms with Gasteiger partial charge >= 0.3 is 0 Å². The smallest absolute Gasteiger partial charge is 0.244 e. The lowest BCUT2D eigenvalue weighted by molar-refractivity contribution is 0.465. The lowest BCUT2D eigenvalue weighted by atomic mass is 10.2. The van der Waals surface area contributed by atoms with Crippen molar-refractivity contribution in [3.63, 3.8) is 0 Å². The summed E-state index contributed by atoms with van der Waals surface area (Å²) in [6.07, 6.45) is 3.77. The van der Waals surface area contributed by atoms with Crippen molar-refractivity contribution in [2.24, 2.45) is 5.92 Å². The molecule has 2 rings (SSSR count). The first-order valence-corrected chi connectivity index (χ1v) is 7.08. The number of nitrogens with zero attached hydrogens (tertiary/aromatic N) is 2. The Kier molecular flexibility index (Phi) is 3.47. The van der Waals surface area contributed by atoms with Gasteiger partial charge in [0, 0.05) is 31.4 Å². The number of hydrogen-bond donors (Lipinski definition) is 0. The second-order valence-corrected chi connectivity index (χ2v) is 6.11. The van der Waals surface area contributed by atoms with Gasteiger partial charge in [0.25, 0.3) is 0 Å². The minimum Gasteiger partial charge on any atom is -0.263 e. The summed E-state index contributed by atoms with van der Waals surface area (Å²) in [4.78, 5) is 4.08. The van der Waals surface area contributed by atoms with E-state index in [9.17, 15) is 8.42 Å². The Bertz CT molecular complexity index is 449. The van der Waals surface area contributed by atoms with Gasteiger partial charge in [-0.1, -0.05) is 0 Å². The summed E-state index contributed by atoms with van der Waals surface area (Å²) in [5.41, 5.74) is 0. The lowest BCUT2D eigenvalue weighted by Gasteiger charge is -2.15. The van der Waals surface area contributed by atoms with Gasteiger partial charge in [0.05, 0.1) is 0 Å². The standard InChI is InChI=1S/C10H13ClN2O2S/c11-6-9-3-5-13(8-9)16(14,15)10-2-1-4-12-7-10/h1-2,4,7,9H,3,5-6,8H2. The van der Waals surface area contributed by atoms with Gasteiger partial charge in [-0.05, 0) is 24.5 Å². The van der Waals surface area contributed by atoms with Crippen LogP contribution in [-0.2, 0) is 10.0 Å². The summed E-state index contributed by atoms with van der Waals surface area (Å²) in [6.45, 7) is 1.06. The highest BCUT2D eigenvalue weighted by Crippen LogP contribution is 2.24. The van der Waals surface area contributed by atoms with Crippen molar-refractivity contribution in [3.05, 3.63) is 24.5 Å². The molecule has 1 atom stereocenters. The Morgan fingerprint density at radius 2 is 2.38 bits per heavy atom. The van der Waals surface area contributed by atoms with Gasteiger partial charge in [-0.3, -0.25) is 4.98 Å². The fraction of sp³-hybridized carbons (Fsp3) is 0.500. The number of aromatic nitrogens is 1. The van der Waals surface area contributed by atoms with Crippen LogP contribution in [0.5, 0.6) is 0 Å². The molecule has 0 saturated carbocycles. The highest BCUT2D eigenvalue weighted by molar-refractivity contribution is 7.89. The number of alkyl halides is 1. The molecule has 0 N–H and O–H groups in total. The summed E-state index contributed by atoms with van der Waals surface area (Å²) in [6, 6.07) is 3.19. The van der Waals surface area contributed by atoms with Crippen molar-refractivity contribution in [2.75, 3.05) is 19.0 Å².